The predicted octanol–water partition coefficient (Wildman–Crippen LogP) is 3.49. The molecule has 0 aromatic carbocycles. The highest BCUT2D eigenvalue weighted by atomic mass is 19.3. The topological polar surface area (TPSA) is 75.7 Å². The Hall–Kier alpha value is -1.92. The zero-order chi connectivity index (χ0) is 19.1. The first kappa shape index (κ1) is 23.1. The molecule has 0 spiro atoms. The lowest BCUT2D eigenvalue weighted by molar-refractivity contribution is -0.299. The molecule has 0 aromatic heterocycles. The number of carboxylic acids is 1. The average molecular weight is 361 g/mol. The van der Waals surface area contributed by atoms with Crippen molar-refractivity contribution in [1.29, 1.82) is 0 Å². The Morgan fingerprint density at radius 1 is 0.920 bits per heavy atom. The largest absolute Gasteiger partial charge is 0.545 e. The van der Waals surface area contributed by atoms with Crippen molar-refractivity contribution < 1.29 is 33.0 Å². The molecule has 0 aliphatic rings. The fourth-order valence-corrected chi connectivity index (χ4v) is 1.90. The number of hydrogen-bond acceptors (Lipinski definition) is 5. The van der Waals surface area contributed by atoms with Gasteiger partial charge in [-0.2, -0.15) is 0 Å². The third-order valence-corrected chi connectivity index (χ3v) is 3.43. The highest BCUT2D eigenvalue weighted by Gasteiger charge is 2.05. The summed E-state index contributed by atoms with van der Waals surface area (Å²) < 4.78 is 33.8. The van der Waals surface area contributed by atoms with Gasteiger partial charge in [-0.3, -0.25) is 0 Å². The maximum Gasteiger partial charge on any atom is 0.336 e. The van der Waals surface area contributed by atoms with Crippen LogP contribution in [0.3, 0.4) is 0 Å². The number of ether oxygens (including phenoxy) is 2. The van der Waals surface area contributed by atoms with Crippen LogP contribution in [0.4, 0.5) is 8.78 Å². The number of unbranched alkanes of at least 4 members (excludes halogenated alkanes) is 6. The van der Waals surface area contributed by atoms with Gasteiger partial charge in [-0.1, -0.05) is 32.1 Å². The van der Waals surface area contributed by atoms with E-state index < -0.39 is 18.4 Å². The van der Waals surface area contributed by atoms with Crippen LogP contribution in [0, 0.1) is 0 Å². The molecular weight excluding hydrogens is 334 g/mol. The Labute approximate surface area is 147 Å². The van der Waals surface area contributed by atoms with E-state index in [4.69, 9.17) is 9.47 Å². The summed E-state index contributed by atoms with van der Waals surface area (Å²) in [6.07, 6.45) is 5.85. The van der Waals surface area contributed by atoms with Crippen LogP contribution in [0.25, 0.3) is 0 Å². The highest BCUT2D eigenvalue weighted by Crippen LogP contribution is 2.11. The summed E-state index contributed by atoms with van der Waals surface area (Å²) in [5, 5.41) is 10.4. The van der Waals surface area contributed by atoms with Crippen molar-refractivity contribution in [1.82, 2.24) is 0 Å². The summed E-state index contributed by atoms with van der Waals surface area (Å²) in [6.45, 7) is 3.11. The minimum atomic E-state index is -2.20. The second kappa shape index (κ2) is 14.4. The van der Waals surface area contributed by atoms with E-state index in [0.29, 0.717) is 13.0 Å². The van der Waals surface area contributed by atoms with Crippen molar-refractivity contribution in [2.45, 2.75) is 71.6 Å². The molecule has 0 N–H and O–H groups in total. The third kappa shape index (κ3) is 14.2. The van der Waals surface area contributed by atoms with E-state index in [0.717, 1.165) is 51.0 Å². The van der Waals surface area contributed by atoms with Gasteiger partial charge in [-0.15, -0.1) is 0 Å². The van der Waals surface area contributed by atoms with E-state index >= 15 is 0 Å². The maximum atomic E-state index is 11.9. The number of hydrogen-bond donors (Lipinski definition) is 0. The zero-order valence-corrected chi connectivity index (χ0v) is 14.9. The molecule has 144 valence electrons. The van der Waals surface area contributed by atoms with E-state index in [1.165, 1.54) is 13.8 Å². The van der Waals surface area contributed by atoms with E-state index in [1.54, 1.807) is 0 Å². The molecule has 5 nitrogen and oxygen atoms in total. The molecule has 0 aliphatic carbocycles. The number of halogens is 2. The highest BCUT2D eigenvalue weighted by molar-refractivity contribution is 5.87. The van der Waals surface area contributed by atoms with Gasteiger partial charge in [0.25, 0.3) is 0 Å². The number of rotatable bonds is 14. The summed E-state index contributed by atoms with van der Waals surface area (Å²) >= 11 is 0. The monoisotopic (exact) mass is 361 g/mol. The van der Waals surface area contributed by atoms with E-state index in [1.807, 2.05) is 0 Å². The Balaban J connectivity index is 3.66. The van der Waals surface area contributed by atoms with Crippen LogP contribution in [0.1, 0.15) is 65.2 Å². The van der Waals surface area contributed by atoms with Crippen molar-refractivity contribution >= 4 is 11.9 Å². The van der Waals surface area contributed by atoms with Crippen LogP contribution in [-0.2, 0) is 19.1 Å². The fraction of sp³-hybridized carbons (Fsp3) is 0.667. The number of carboxylic acid groups (broad SMARTS) is 1. The SMILES string of the molecule is CC(=COC=C(C)C(=O)OCCCCCCCCCC(F)F)C(=O)[O-]. The predicted molar refractivity (Wildman–Crippen MR) is 87.5 cm³/mol. The molecule has 0 fully saturated rings. The van der Waals surface area contributed by atoms with Crippen molar-refractivity contribution in [3.05, 3.63) is 23.7 Å². The summed E-state index contributed by atoms with van der Waals surface area (Å²) in [7, 11) is 0. The van der Waals surface area contributed by atoms with Crippen LogP contribution < -0.4 is 5.11 Å². The normalized spacial score (nSPS) is 12.4. The standard InChI is InChI=1S/C18H28F2O5/c1-14(17(21)22)12-24-13-15(2)18(23)25-11-9-7-5-3-4-6-8-10-16(19)20/h12-13,16H,3-11H2,1-2H3,(H,21,22)/p-1. The van der Waals surface area contributed by atoms with Gasteiger partial charge < -0.3 is 19.4 Å². The minimum absolute atomic E-state index is 0.0188. The fourth-order valence-electron chi connectivity index (χ4n) is 1.90. The van der Waals surface area contributed by atoms with Gasteiger partial charge in [-0.05, 0) is 26.7 Å². The summed E-state index contributed by atoms with van der Waals surface area (Å²) in [5.41, 5.74) is 0.132. The molecule has 0 unspecified atom stereocenters. The first-order valence-electron chi connectivity index (χ1n) is 8.50. The van der Waals surface area contributed by atoms with Crippen LogP contribution in [0.15, 0.2) is 23.7 Å². The number of aliphatic carboxylic acids is 1. The molecular formula is C18H27F2O5-. The quantitative estimate of drug-likeness (QED) is 0.205. The molecule has 0 aromatic rings. The molecule has 0 aliphatic heterocycles. The van der Waals surface area contributed by atoms with Gasteiger partial charge in [0.05, 0.1) is 24.4 Å². The lowest BCUT2D eigenvalue weighted by Crippen LogP contribution is -2.23. The zero-order valence-electron chi connectivity index (χ0n) is 14.9. The maximum absolute atomic E-state index is 11.9. The van der Waals surface area contributed by atoms with Gasteiger partial charge in [0.15, 0.2) is 0 Å². The van der Waals surface area contributed by atoms with E-state index in [-0.39, 0.29) is 17.6 Å². The third-order valence-electron chi connectivity index (χ3n) is 3.43. The van der Waals surface area contributed by atoms with E-state index in [2.05, 4.69) is 0 Å². The molecule has 7 heteroatoms. The molecule has 0 rings (SSSR count). The molecule has 0 atom stereocenters. The average Bonchev–Trinajstić information content (AvgIpc) is 2.55. The molecule has 0 saturated carbocycles. The summed E-state index contributed by atoms with van der Waals surface area (Å²) in [4.78, 5) is 22.1. The molecule has 0 saturated heterocycles. The Morgan fingerprint density at radius 2 is 1.44 bits per heavy atom. The van der Waals surface area contributed by atoms with Crippen molar-refractivity contribution in [3.8, 4) is 0 Å². The lowest BCUT2D eigenvalue weighted by Gasteiger charge is -2.05. The van der Waals surface area contributed by atoms with Crippen LogP contribution in [0.2, 0.25) is 0 Å². The first-order valence-corrected chi connectivity index (χ1v) is 8.50. The van der Waals surface area contributed by atoms with Crippen molar-refractivity contribution in [2.24, 2.45) is 0 Å². The second-order valence-electron chi connectivity index (χ2n) is 5.82. The second-order valence-corrected chi connectivity index (χ2v) is 5.82. The Bertz CT molecular complexity index is 458. The molecule has 25 heavy (non-hydrogen) atoms. The van der Waals surface area contributed by atoms with Gasteiger partial charge in [0, 0.05) is 12.0 Å². The molecule has 0 radical (unpaired) electrons. The Morgan fingerprint density at radius 3 is 2.00 bits per heavy atom. The smallest absolute Gasteiger partial charge is 0.336 e. The molecule has 0 heterocycles. The van der Waals surface area contributed by atoms with Gasteiger partial charge in [0.2, 0.25) is 6.43 Å². The van der Waals surface area contributed by atoms with Crippen molar-refractivity contribution in [3.63, 3.8) is 0 Å². The minimum Gasteiger partial charge on any atom is -0.545 e. The summed E-state index contributed by atoms with van der Waals surface area (Å²) in [6, 6.07) is 0. The first-order chi connectivity index (χ1) is 11.8. The van der Waals surface area contributed by atoms with Crippen LogP contribution in [0.5, 0.6) is 0 Å². The molecule has 0 amide bonds. The number of esters is 1. The van der Waals surface area contributed by atoms with Crippen LogP contribution in [-0.4, -0.2) is 25.0 Å². The number of alkyl halides is 2. The lowest BCUT2D eigenvalue weighted by atomic mass is 10.1. The van der Waals surface area contributed by atoms with Crippen LogP contribution >= 0.6 is 0 Å². The number of carbonyl (C=O) groups excluding carboxylic acids is 2. The molecule has 0 bridgehead atoms. The Kier molecular flexibility index (Phi) is 13.3. The van der Waals surface area contributed by atoms with Gasteiger partial charge in [-0.25, -0.2) is 13.6 Å². The van der Waals surface area contributed by atoms with Crippen molar-refractivity contribution in [2.75, 3.05) is 6.61 Å². The summed E-state index contributed by atoms with van der Waals surface area (Å²) in [5.74, 6) is -1.87. The van der Waals surface area contributed by atoms with E-state index in [9.17, 15) is 23.5 Å². The van der Waals surface area contributed by atoms with Gasteiger partial charge in [0.1, 0.15) is 6.26 Å². The van der Waals surface area contributed by atoms with Gasteiger partial charge >= 0.3 is 5.97 Å². The number of carbonyl (C=O) groups is 2.